The Balaban J connectivity index is 1.68. The summed E-state index contributed by atoms with van der Waals surface area (Å²) in [5.74, 6) is 6.18. The Morgan fingerprint density at radius 3 is 2.28 bits per heavy atom. The third-order valence-corrected chi connectivity index (χ3v) is 5.76. The van der Waals surface area contributed by atoms with E-state index in [1.807, 2.05) is 12.3 Å². The minimum atomic E-state index is -4.42. The number of fused-ring (bicyclic) bond motifs is 1. The number of nitrogen functional groups attached to an aromatic ring is 1. The molecule has 2 heterocycles. The Hall–Kier alpha value is -2.80. The second kappa shape index (κ2) is 7.22. The van der Waals surface area contributed by atoms with Crippen LogP contribution >= 0.6 is 0 Å². The van der Waals surface area contributed by atoms with Gasteiger partial charge < -0.3 is 10.7 Å². The third-order valence-electron chi connectivity index (χ3n) is 5.76. The van der Waals surface area contributed by atoms with Crippen LogP contribution in [0.1, 0.15) is 45.8 Å². The highest BCUT2D eigenvalue weighted by Crippen LogP contribution is 2.34. The highest BCUT2D eigenvalue weighted by molar-refractivity contribution is 6.10. The number of likely N-dealkylation sites (tertiary alicyclic amines) is 1. The fourth-order valence-electron chi connectivity index (χ4n) is 4.04. The molecule has 0 atom stereocenters. The fraction of sp³-hybridized carbons (Fsp3) is 0.318. The van der Waals surface area contributed by atoms with Gasteiger partial charge >= 0.3 is 6.18 Å². The van der Waals surface area contributed by atoms with Crippen molar-refractivity contribution in [2.75, 3.05) is 26.0 Å². The molecule has 152 valence electrons. The van der Waals surface area contributed by atoms with Gasteiger partial charge in [-0.3, -0.25) is 9.47 Å². The molecule has 7 heteroatoms. The summed E-state index contributed by atoms with van der Waals surface area (Å²) in [6, 6.07) is 9.60. The van der Waals surface area contributed by atoms with Crippen molar-refractivity contribution in [2.45, 2.75) is 24.9 Å². The molecule has 1 aliphatic rings. The molecule has 29 heavy (non-hydrogen) atoms. The lowest BCUT2D eigenvalue weighted by Gasteiger charge is -2.28. The number of piperidine rings is 1. The van der Waals surface area contributed by atoms with Crippen molar-refractivity contribution >= 4 is 16.7 Å². The lowest BCUT2D eigenvalue weighted by Crippen LogP contribution is -2.29. The van der Waals surface area contributed by atoms with Gasteiger partial charge in [-0.1, -0.05) is 12.1 Å². The van der Waals surface area contributed by atoms with E-state index in [9.17, 15) is 18.0 Å². The number of halogens is 3. The van der Waals surface area contributed by atoms with Crippen LogP contribution in [0, 0.1) is 0 Å². The van der Waals surface area contributed by atoms with E-state index in [2.05, 4.69) is 11.9 Å². The topological polar surface area (TPSA) is 51.3 Å². The molecule has 1 aliphatic heterocycles. The number of rotatable bonds is 3. The lowest BCUT2D eigenvalue weighted by molar-refractivity contribution is -0.137. The molecule has 2 aromatic carbocycles. The lowest BCUT2D eigenvalue weighted by atomic mass is 9.88. The van der Waals surface area contributed by atoms with Crippen LogP contribution in [0.15, 0.2) is 48.7 Å². The smallest absolute Gasteiger partial charge is 0.339 e. The monoisotopic (exact) mass is 401 g/mol. The van der Waals surface area contributed by atoms with Crippen LogP contribution in [0.3, 0.4) is 0 Å². The summed E-state index contributed by atoms with van der Waals surface area (Å²) in [6.07, 6.45) is -0.458. The maximum Gasteiger partial charge on any atom is 0.416 e. The van der Waals surface area contributed by atoms with Gasteiger partial charge in [0.1, 0.15) is 0 Å². The maximum atomic E-state index is 12.9. The third kappa shape index (κ3) is 3.74. The predicted molar refractivity (Wildman–Crippen MR) is 106 cm³/mol. The fourth-order valence-corrected chi connectivity index (χ4v) is 4.04. The molecular formula is C22H22F3N3O. The Morgan fingerprint density at radius 1 is 1.03 bits per heavy atom. The first-order valence-corrected chi connectivity index (χ1v) is 9.54. The second-order valence-corrected chi connectivity index (χ2v) is 7.71. The van der Waals surface area contributed by atoms with Gasteiger partial charge in [-0.15, -0.1) is 0 Å². The molecule has 1 saturated heterocycles. The molecule has 4 rings (SSSR count). The molecule has 0 radical (unpaired) electrons. The van der Waals surface area contributed by atoms with Crippen molar-refractivity contribution < 1.29 is 18.0 Å². The zero-order valence-corrected chi connectivity index (χ0v) is 16.0. The van der Waals surface area contributed by atoms with Crippen molar-refractivity contribution in [1.82, 2.24) is 9.58 Å². The minimum absolute atomic E-state index is 0.227. The molecule has 1 fully saturated rings. The van der Waals surface area contributed by atoms with Gasteiger partial charge in [0.2, 0.25) is 0 Å². The van der Waals surface area contributed by atoms with Crippen LogP contribution in [0.25, 0.3) is 10.9 Å². The van der Waals surface area contributed by atoms with Crippen molar-refractivity contribution in [3.8, 4) is 0 Å². The van der Waals surface area contributed by atoms with E-state index in [4.69, 9.17) is 5.84 Å². The average molecular weight is 401 g/mol. The Bertz CT molecular complexity index is 1050. The quantitative estimate of drug-likeness (QED) is 0.522. The van der Waals surface area contributed by atoms with Gasteiger partial charge in [0.05, 0.1) is 11.1 Å². The molecule has 3 aromatic rings. The van der Waals surface area contributed by atoms with Crippen LogP contribution in [0.4, 0.5) is 13.2 Å². The molecular weight excluding hydrogens is 379 g/mol. The van der Waals surface area contributed by atoms with Crippen LogP contribution in [-0.4, -0.2) is 35.5 Å². The number of ketones is 1. The summed E-state index contributed by atoms with van der Waals surface area (Å²) < 4.78 is 39.9. The van der Waals surface area contributed by atoms with Gasteiger partial charge in [-0.2, -0.15) is 13.2 Å². The van der Waals surface area contributed by atoms with Crippen molar-refractivity contribution in [3.63, 3.8) is 0 Å². The SMILES string of the molecule is CN1CCC(c2cn(N)c3ccc(C(=O)c4ccc(C(F)(F)F)cc4)cc23)CC1. The predicted octanol–water partition coefficient (Wildman–Crippen LogP) is 4.41. The number of aromatic nitrogens is 1. The highest BCUT2D eigenvalue weighted by Gasteiger charge is 2.30. The summed E-state index contributed by atoms with van der Waals surface area (Å²) in [4.78, 5) is 15.2. The highest BCUT2D eigenvalue weighted by atomic mass is 19.4. The Kier molecular flexibility index (Phi) is 4.86. The zero-order chi connectivity index (χ0) is 20.8. The van der Waals surface area contributed by atoms with E-state index in [0.717, 1.165) is 54.5 Å². The van der Waals surface area contributed by atoms with E-state index in [1.165, 1.54) is 12.1 Å². The summed E-state index contributed by atoms with van der Waals surface area (Å²) >= 11 is 0. The van der Waals surface area contributed by atoms with Crippen molar-refractivity contribution in [3.05, 3.63) is 70.9 Å². The minimum Gasteiger partial charge on any atom is -0.339 e. The molecule has 0 bridgehead atoms. The summed E-state index contributed by atoms with van der Waals surface area (Å²) in [5.41, 5.74) is 1.86. The first-order chi connectivity index (χ1) is 13.7. The second-order valence-electron chi connectivity index (χ2n) is 7.71. The number of nitrogens with zero attached hydrogens (tertiary/aromatic N) is 2. The summed E-state index contributed by atoms with van der Waals surface area (Å²) in [5, 5.41) is 0.930. The number of carbonyl (C=O) groups excluding carboxylic acids is 1. The molecule has 0 aliphatic carbocycles. The molecule has 2 N–H and O–H groups in total. The largest absolute Gasteiger partial charge is 0.416 e. The molecule has 0 saturated carbocycles. The number of hydrogen-bond acceptors (Lipinski definition) is 3. The summed E-state index contributed by atoms with van der Waals surface area (Å²) in [6.45, 7) is 2.01. The number of carbonyl (C=O) groups is 1. The van der Waals surface area contributed by atoms with E-state index in [0.29, 0.717) is 11.5 Å². The molecule has 0 unspecified atom stereocenters. The van der Waals surface area contributed by atoms with Crippen LogP contribution in [0.2, 0.25) is 0 Å². The van der Waals surface area contributed by atoms with Crippen molar-refractivity contribution in [2.24, 2.45) is 0 Å². The number of alkyl halides is 3. The van der Waals surface area contributed by atoms with Crippen molar-refractivity contribution in [1.29, 1.82) is 0 Å². The molecule has 1 aromatic heterocycles. The first kappa shape index (κ1) is 19.5. The van der Waals surface area contributed by atoms with Gasteiger partial charge in [-0.05, 0) is 74.8 Å². The van der Waals surface area contributed by atoms with Gasteiger partial charge in [0.25, 0.3) is 0 Å². The molecule has 4 nitrogen and oxygen atoms in total. The van der Waals surface area contributed by atoms with Gasteiger partial charge in [-0.25, -0.2) is 0 Å². The van der Waals surface area contributed by atoms with Crippen LogP contribution in [0.5, 0.6) is 0 Å². The number of hydrogen-bond donors (Lipinski definition) is 1. The normalized spacial score (nSPS) is 16.4. The van der Waals surface area contributed by atoms with E-state index in [-0.39, 0.29) is 11.3 Å². The van der Waals surface area contributed by atoms with Gasteiger partial charge in [0.15, 0.2) is 5.78 Å². The molecule has 0 spiro atoms. The Morgan fingerprint density at radius 2 is 1.66 bits per heavy atom. The standard InChI is InChI=1S/C22H22F3N3O/c1-27-10-8-14(9-11-27)19-13-28(26)20-7-4-16(12-18(19)20)21(29)15-2-5-17(6-3-15)22(23,24)25/h2-7,12-14H,8-11,26H2,1H3. The summed E-state index contributed by atoms with van der Waals surface area (Å²) in [7, 11) is 2.10. The van der Waals surface area contributed by atoms with E-state index < -0.39 is 11.7 Å². The zero-order valence-electron chi connectivity index (χ0n) is 16.0. The molecule has 0 amide bonds. The van der Waals surface area contributed by atoms with Crippen LogP contribution in [-0.2, 0) is 6.18 Å². The maximum absolute atomic E-state index is 12.9. The van der Waals surface area contributed by atoms with E-state index in [1.54, 1.807) is 16.8 Å². The Labute approximate surface area is 166 Å². The number of benzene rings is 2. The van der Waals surface area contributed by atoms with E-state index >= 15 is 0 Å². The van der Waals surface area contributed by atoms with Gasteiger partial charge in [0, 0.05) is 22.7 Å². The number of nitrogens with two attached hydrogens (primary N) is 1. The average Bonchev–Trinajstić information content (AvgIpc) is 3.03. The first-order valence-electron chi connectivity index (χ1n) is 9.54. The van der Waals surface area contributed by atoms with Crippen LogP contribution < -0.4 is 5.84 Å².